The lowest BCUT2D eigenvalue weighted by molar-refractivity contribution is 0.143. The van der Waals surface area contributed by atoms with Crippen LogP contribution in [0, 0.1) is 0 Å². The van der Waals surface area contributed by atoms with Crippen molar-refractivity contribution in [1.29, 1.82) is 0 Å². The number of rotatable bonds is 4. The first-order chi connectivity index (χ1) is 11.9. The van der Waals surface area contributed by atoms with Crippen LogP contribution in [0.4, 0.5) is 0 Å². The largest absolute Gasteiger partial charge is 0.292 e. The number of pyridine rings is 1. The average molecular weight is 400 g/mol. The van der Waals surface area contributed by atoms with Gasteiger partial charge >= 0.3 is 0 Å². The standard InChI is InChI=1S/C17H19Cl2N3O2S/c1-13(15-6-2-3-8-20-15)21-9-11-22(12-10-21)25(23,24)16-7-4-5-14(18)17(16)19/h2-8,13H,9-12H2,1H3. The third kappa shape index (κ3) is 3.83. The number of nitrogens with zero attached hydrogens (tertiary/aromatic N) is 3. The number of hydrogen-bond acceptors (Lipinski definition) is 4. The van der Waals surface area contributed by atoms with E-state index in [0.29, 0.717) is 26.2 Å². The summed E-state index contributed by atoms with van der Waals surface area (Å²) in [7, 11) is -3.65. The Morgan fingerprint density at radius 2 is 1.76 bits per heavy atom. The molecule has 0 amide bonds. The van der Waals surface area contributed by atoms with Crippen molar-refractivity contribution in [3.05, 3.63) is 58.3 Å². The van der Waals surface area contributed by atoms with Gasteiger partial charge in [-0.2, -0.15) is 4.31 Å². The maximum Gasteiger partial charge on any atom is 0.244 e. The molecule has 0 N–H and O–H groups in total. The lowest BCUT2D eigenvalue weighted by atomic mass is 10.1. The van der Waals surface area contributed by atoms with Crippen LogP contribution < -0.4 is 0 Å². The Bertz CT molecular complexity index is 838. The molecule has 134 valence electrons. The zero-order chi connectivity index (χ0) is 18.0. The minimum atomic E-state index is -3.65. The van der Waals surface area contributed by atoms with E-state index in [1.54, 1.807) is 18.3 Å². The fraction of sp³-hybridized carbons (Fsp3) is 0.353. The lowest BCUT2D eigenvalue weighted by Gasteiger charge is -2.37. The Kier molecular flexibility index (Phi) is 5.65. The maximum atomic E-state index is 12.9. The van der Waals surface area contributed by atoms with E-state index < -0.39 is 10.0 Å². The molecule has 0 saturated carbocycles. The van der Waals surface area contributed by atoms with Crippen molar-refractivity contribution in [1.82, 2.24) is 14.2 Å². The normalized spacial score (nSPS) is 18.2. The summed E-state index contributed by atoms with van der Waals surface area (Å²) in [5, 5.41) is 0.318. The van der Waals surface area contributed by atoms with Gasteiger partial charge in [-0.05, 0) is 31.2 Å². The predicted molar refractivity (Wildman–Crippen MR) is 99.4 cm³/mol. The minimum absolute atomic E-state index is 0.0629. The molecule has 1 aromatic heterocycles. The van der Waals surface area contributed by atoms with Crippen LogP contribution in [0.3, 0.4) is 0 Å². The molecule has 0 bridgehead atoms. The summed E-state index contributed by atoms with van der Waals surface area (Å²) in [6, 6.07) is 10.6. The molecule has 2 aromatic rings. The summed E-state index contributed by atoms with van der Waals surface area (Å²) in [5.41, 5.74) is 0.983. The second-order valence-electron chi connectivity index (χ2n) is 5.92. The first kappa shape index (κ1) is 18.6. The van der Waals surface area contributed by atoms with Crippen LogP contribution in [0.2, 0.25) is 10.0 Å². The summed E-state index contributed by atoms with van der Waals surface area (Å²) < 4.78 is 27.2. The van der Waals surface area contributed by atoms with E-state index in [9.17, 15) is 8.42 Å². The summed E-state index contributed by atoms with van der Waals surface area (Å²) in [4.78, 5) is 6.68. The van der Waals surface area contributed by atoms with E-state index >= 15 is 0 Å². The van der Waals surface area contributed by atoms with Crippen molar-refractivity contribution in [3.8, 4) is 0 Å². The number of benzene rings is 1. The second-order valence-corrected chi connectivity index (χ2v) is 8.61. The third-order valence-corrected chi connectivity index (χ3v) is 7.34. The number of piperazine rings is 1. The van der Waals surface area contributed by atoms with E-state index in [2.05, 4.69) is 16.8 Å². The average Bonchev–Trinajstić information content (AvgIpc) is 2.64. The molecule has 25 heavy (non-hydrogen) atoms. The number of hydrogen-bond donors (Lipinski definition) is 0. The Labute approximate surface area is 158 Å². The van der Waals surface area contributed by atoms with Gasteiger partial charge in [0.25, 0.3) is 0 Å². The Hall–Kier alpha value is -1.18. The second kappa shape index (κ2) is 7.60. The van der Waals surface area contributed by atoms with Crippen LogP contribution in [0.15, 0.2) is 47.5 Å². The van der Waals surface area contributed by atoms with Gasteiger partial charge in [0.15, 0.2) is 0 Å². The molecular formula is C17H19Cl2N3O2S. The highest BCUT2D eigenvalue weighted by molar-refractivity contribution is 7.89. The van der Waals surface area contributed by atoms with Crippen LogP contribution in [-0.2, 0) is 10.0 Å². The smallest absolute Gasteiger partial charge is 0.244 e. The van der Waals surface area contributed by atoms with Crippen LogP contribution in [0.1, 0.15) is 18.7 Å². The highest BCUT2D eigenvalue weighted by atomic mass is 35.5. The molecule has 0 spiro atoms. The highest BCUT2D eigenvalue weighted by Gasteiger charge is 2.32. The van der Waals surface area contributed by atoms with Gasteiger partial charge in [0, 0.05) is 38.4 Å². The molecule has 5 nitrogen and oxygen atoms in total. The molecular weight excluding hydrogens is 381 g/mol. The summed E-state index contributed by atoms with van der Waals surface area (Å²) >= 11 is 12.1. The number of sulfonamides is 1. The van der Waals surface area contributed by atoms with Gasteiger partial charge in [-0.3, -0.25) is 9.88 Å². The van der Waals surface area contributed by atoms with Crippen molar-refractivity contribution in [2.45, 2.75) is 17.9 Å². The van der Waals surface area contributed by atoms with Gasteiger partial charge in [0.1, 0.15) is 4.90 Å². The van der Waals surface area contributed by atoms with Gasteiger partial charge < -0.3 is 0 Å². The molecule has 1 atom stereocenters. The minimum Gasteiger partial charge on any atom is -0.292 e. The Balaban J connectivity index is 1.72. The zero-order valence-corrected chi connectivity index (χ0v) is 16.1. The van der Waals surface area contributed by atoms with Gasteiger partial charge in [-0.25, -0.2) is 8.42 Å². The molecule has 0 aliphatic carbocycles. The Morgan fingerprint density at radius 3 is 2.40 bits per heavy atom. The first-order valence-corrected chi connectivity index (χ1v) is 10.2. The molecule has 1 saturated heterocycles. The van der Waals surface area contributed by atoms with Gasteiger partial charge in [0.05, 0.1) is 15.7 Å². The van der Waals surface area contributed by atoms with E-state index in [4.69, 9.17) is 23.2 Å². The van der Waals surface area contributed by atoms with Crippen LogP contribution in [-0.4, -0.2) is 48.8 Å². The molecule has 3 rings (SSSR count). The van der Waals surface area contributed by atoms with E-state index in [0.717, 1.165) is 5.69 Å². The fourth-order valence-corrected chi connectivity index (χ4v) is 5.12. The number of aromatic nitrogens is 1. The molecule has 1 fully saturated rings. The lowest BCUT2D eigenvalue weighted by Crippen LogP contribution is -2.49. The van der Waals surface area contributed by atoms with Crippen molar-refractivity contribution >= 4 is 33.2 Å². The van der Waals surface area contributed by atoms with Gasteiger partial charge in [-0.1, -0.05) is 35.3 Å². The first-order valence-electron chi connectivity index (χ1n) is 8.00. The van der Waals surface area contributed by atoms with Crippen molar-refractivity contribution in [2.75, 3.05) is 26.2 Å². The summed E-state index contributed by atoms with van der Waals surface area (Å²) in [6.45, 7) is 4.16. The van der Waals surface area contributed by atoms with Crippen LogP contribution in [0.25, 0.3) is 0 Å². The monoisotopic (exact) mass is 399 g/mol. The van der Waals surface area contributed by atoms with E-state index in [1.807, 2.05) is 18.2 Å². The van der Waals surface area contributed by atoms with Crippen molar-refractivity contribution in [2.24, 2.45) is 0 Å². The summed E-state index contributed by atoms with van der Waals surface area (Å²) in [6.07, 6.45) is 1.77. The molecule has 1 aliphatic heterocycles. The van der Waals surface area contributed by atoms with Gasteiger partial charge in [-0.15, -0.1) is 0 Å². The van der Waals surface area contributed by atoms with Crippen molar-refractivity contribution < 1.29 is 8.42 Å². The molecule has 8 heteroatoms. The van der Waals surface area contributed by atoms with E-state index in [-0.39, 0.29) is 21.0 Å². The predicted octanol–water partition coefficient (Wildman–Crippen LogP) is 3.46. The van der Waals surface area contributed by atoms with Crippen molar-refractivity contribution in [3.63, 3.8) is 0 Å². The number of halogens is 2. The molecule has 1 unspecified atom stereocenters. The van der Waals surface area contributed by atoms with Crippen LogP contribution in [0.5, 0.6) is 0 Å². The molecule has 2 heterocycles. The summed E-state index contributed by atoms with van der Waals surface area (Å²) in [5.74, 6) is 0. The quantitative estimate of drug-likeness (QED) is 0.789. The highest BCUT2D eigenvalue weighted by Crippen LogP contribution is 2.31. The zero-order valence-electron chi connectivity index (χ0n) is 13.8. The topological polar surface area (TPSA) is 53.5 Å². The molecule has 0 radical (unpaired) electrons. The Morgan fingerprint density at radius 1 is 1.04 bits per heavy atom. The van der Waals surface area contributed by atoms with E-state index in [1.165, 1.54) is 10.4 Å². The van der Waals surface area contributed by atoms with Gasteiger partial charge in [0.2, 0.25) is 10.0 Å². The SMILES string of the molecule is CC(c1ccccn1)N1CCN(S(=O)(=O)c2cccc(Cl)c2Cl)CC1. The fourth-order valence-electron chi connectivity index (χ4n) is 2.96. The third-order valence-electron chi connectivity index (χ3n) is 4.47. The molecule has 1 aromatic carbocycles. The maximum absolute atomic E-state index is 12.9. The molecule has 1 aliphatic rings. The van der Waals surface area contributed by atoms with Crippen LogP contribution >= 0.6 is 23.2 Å².